The third-order valence-corrected chi connectivity index (χ3v) is 9.22. The summed E-state index contributed by atoms with van der Waals surface area (Å²) in [6.07, 6.45) is 4.00. The van der Waals surface area contributed by atoms with Crippen molar-refractivity contribution in [2.75, 3.05) is 19.6 Å². The average Bonchev–Trinajstić information content (AvgIpc) is 3.26. The van der Waals surface area contributed by atoms with Crippen LogP contribution in [-0.2, 0) is 16.6 Å². The Hall–Kier alpha value is -3.27. The Morgan fingerprint density at radius 2 is 2.05 bits per heavy atom. The number of hydrogen-bond donors (Lipinski definition) is 2. The third kappa shape index (κ3) is 3.52. The van der Waals surface area contributed by atoms with Crippen LogP contribution in [0.15, 0.2) is 55.1 Å². The van der Waals surface area contributed by atoms with Crippen molar-refractivity contribution in [1.82, 2.24) is 9.80 Å². The summed E-state index contributed by atoms with van der Waals surface area (Å²) in [6.45, 7) is 10.2. The van der Waals surface area contributed by atoms with E-state index in [9.17, 15) is 15.0 Å². The lowest BCUT2D eigenvalue weighted by molar-refractivity contribution is -0.199. The number of rotatable bonds is 5. The van der Waals surface area contributed by atoms with E-state index in [-0.39, 0.29) is 29.7 Å². The SMILES string of the molecule is C=CCN1CC[C@]23c4c5ccc(O)c4O[C@H]2[C@H](N(CC(C)C)C(=O)C#Cc2ccccc2)CC[C@@]3(O)[C@H]1C5. The van der Waals surface area contributed by atoms with E-state index in [0.717, 1.165) is 23.2 Å². The first-order chi connectivity index (χ1) is 18.3. The van der Waals surface area contributed by atoms with E-state index < -0.39 is 17.1 Å². The van der Waals surface area contributed by atoms with E-state index in [1.165, 1.54) is 0 Å². The number of piperidine rings is 1. The molecule has 6 rings (SSSR count). The predicted molar refractivity (Wildman–Crippen MR) is 146 cm³/mol. The lowest BCUT2D eigenvalue weighted by Gasteiger charge is -2.64. The molecular formula is C32H36N2O4. The normalized spacial score (nSPS) is 30.6. The lowest BCUT2D eigenvalue weighted by atomic mass is 9.48. The number of phenols is 1. The second kappa shape index (κ2) is 9.18. The highest BCUT2D eigenvalue weighted by Crippen LogP contribution is 2.65. The standard InChI is InChI=1S/C32H36N2O4/c1-4-17-33-18-16-31-28-23-11-12-25(35)29(28)38-30(31)24(14-15-32(31,37)26(33)19-23)34(20-21(2)3)27(36)13-10-22-8-6-5-7-9-22/h4-9,11-12,21,24,26,30,35,37H,1,14-20H2,2-3H3/t24-,26-,30+,31+,32-/m1/s1. The van der Waals surface area contributed by atoms with Crippen molar-refractivity contribution in [2.45, 2.75) is 68.7 Å². The van der Waals surface area contributed by atoms with Gasteiger partial charge >= 0.3 is 0 Å². The van der Waals surface area contributed by atoms with Crippen LogP contribution >= 0.6 is 0 Å². The van der Waals surface area contributed by atoms with Crippen LogP contribution in [0.2, 0.25) is 0 Å². The van der Waals surface area contributed by atoms with E-state index in [4.69, 9.17) is 4.74 Å². The zero-order valence-corrected chi connectivity index (χ0v) is 22.2. The Morgan fingerprint density at radius 1 is 1.26 bits per heavy atom. The van der Waals surface area contributed by atoms with Crippen molar-refractivity contribution in [3.8, 4) is 23.3 Å². The number of aliphatic hydroxyl groups is 1. The molecule has 2 aromatic rings. The fraction of sp³-hybridized carbons (Fsp3) is 0.469. The average molecular weight is 513 g/mol. The van der Waals surface area contributed by atoms with Crippen LogP contribution in [0.4, 0.5) is 0 Å². The van der Waals surface area contributed by atoms with E-state index >= 15 is 0 Å². The molecular weight excluding hydrogens is 476 g/mol. The summed E-state index contributed by atoms with van der Waals surface area (Å²) >= 11 is 0. The Labute approximate surface area is 224 Å². The number of phenolic OH excluding ortho intramolecular Hbond substituents is 1. The highest BCUT2D eigenvalue weighted by atomic mass is 16.5. The minimum Gasteiger partial charge on any atom is -0.504 e. The Morgan fingerprint density at radius 3 is 2.79 bits per heavy atom. The van der Waals surface area contributed by atoms with Gasteiger partial charge in [0.1, 0.15) is 6.10 Å². The topological polar surface area (TPSA) is 73.2 Å². The number of ether oxygens (including phenoxy) is 1. The molecule has 0 aromatic heterocycles. The molecule has 198 valence electrons. The Kier molecular flexibility index (Phi) is 6.05. The van der Waals surface area contributed by atoms with Gasteiger partial charge in [0.2, 0.25) is 0 Å². The molecule has 0 unspecified atom stereocenters. The molecule has 2 N–H and O–H groups in total. The first kappa shape index (κ1) is 25.0. The van der Waals surface area contributed by atoms with E-state index in [0.29, 0.717) is 44.5 Å². The number of benzene rings is 2. The molecule has 2 heterocycles. The predicted octanol–water partition coefficient (Wildman–Crippen LogP) is 3.64. The van der Waals surface area contributed by atoms with Crippen molar-refractivity contribution in [2.24, 2.45) is 5.92 Å². The molecule has 2 aromatic carbocycles. The van der Waals surface area contributed by atoms with Gasteiger partial charge in [-0.2, -0.15) is 0 Å². The number of likely N-dealkylation sites (tertiary alicyclic amines) is 1. The van der Waals surface area contributed by atoms with Crippen LogP contribution in [-0.4, -0.2) is 69.3 Å². The molecule has 4 aliphatic rings. The molecule has 2 bridgehead atoms. The second-order valence-electron chi connectivity index (χ2n) is 11.7. The second-order valence-corrected chi connectivity index (χ2v) is 11.7. The van der Waals surface area contributed by atoms with Crippen LogP contribution in [0.1, 0.15) is 49.8 Å². The van der Waals surface area contributed by atoms with Crippen LogP contribution < -0.4 is 4.74 Å². The molecule has 6 heteroatoms. The number of nitrogens with zero attached hydrogens (tertiary/aromatic N) is 2. The van der Waals surface area contributed by atoms with Crippen molar-refractivity contribution in [3.63, 3.8) is 0 Å². The Bertz CT molecular complexity index is 1330. The molecule has 2 aliphatic carbocycles. The summed E-state index contributed by atoms with van der Waals surface area (Å²) in [7, 11) is 0. The van der Waals surface area contributed by atoms with Crippen LogP contribution in [0, 0.1) is 17.8 Å². The van der Waals surface area contributed by atoms with Crippen molar-refractivity contribution >= 4 is 5.91 Å². The van der Waals surface area contributed by atoms with Crippen LogP contribution in [0.3, 0.4) is 0 Å². The highest BCUT2D eigenvalue weighted by molar-refractivity contribution is 5.94. The first-order valence-corrected chi connectivity index (χ1v) is 13.8. The number of hydrogen-bond acceptors (Lipinski definition) is 5. The molecule has 1 amide bonds. The quantitative estimate of drug-likeness (QED) is 0.473. The largest absolute Gasteiger partial charge is 0.504 e. The maximum atomic E-state index is 13.7. The van der Waals surface area contributed by atoms with E-state index in [1.54, 1.807) is 6.07 Å². The van der Waals surface area contributed by atoms with Crippen molar-refractivity contribution < 1.29 is 19.7 Å². The van der Waals surface area contributed by atoms with Gasteiger partial charge < -0.3 is 19.8 Å². The molecule has 0 radical (unpaired) electrons. The maximum absolute atomic E-state index is 13.7. The maximum Gasteiger partial charge on any atom is 0.299 e. The van der Waals surface area contributed by atoms with Gasteiger partial charge in [0.15, 0.2) is 11.5 Å². The molecule has 1 saturated heterocycles. The van der Waals surface area contributed by atoms with E-state index in [1.807, 2.05) is 47.4 Å². The zero-order valence-electron chi connectivity index (χ0n) is 22.2. The van der Waals surface area contributed by atoms with Gasteiger partial charge in [0.05, 0.1) is 17.1 Å². The molecule has 1 spiro atoms. The molecule has 1 saturated carbocycles. The smallest absolute Gasteiger partial charge is 0.299 e. The summed E-state index contributed by atoms with van der Waals surface area (Å²) in [5, 5.41) is 23.5. The molecule has 2 aliphatic heterocycles. The van der Waals surface area contributed by atoms with Gasteiger partial charge in [-0.05, 0) is 61.9 Å². The number of carbonyl (C=O) groups excluding carboxylic acids is 1. The minimum atomic E-state index is -1.02. The number of aromatic hydroxyl groups is 1. The van der Waals surface area contributed by atoms with Crippen LogP contribution in [0.25, 0.3) is 0 Å². The fourth-order valence-electron chi connectivity index (χ4n) is 7.79. The van der Waals surface area contributed by atoms with E-state index in [2.05, 4.69) is 37.2 Å². The summed E-state index contributed by atoms with van der Waals surface area (Å²) in [5.74, 6) is 6.52. The van der Waals surface area contributed by atoms with Crippen molar-refractivity contribution in [1.29, 1.82) is 0 Å². The zero-order chi connectivity index (χ0) is 26.7. The summed E-state index contributed by atoms with van der Waals surface area (Å²) in [5.41, 5.74) is 1.16. The molecule has 5 atom stereocenters. The molecule has 6 nitrogen and oxygen atoms in total. The lowest BCUT2D eigenvalue weighted by Crippen LogP contribution is -2.78. The first-order valence-electron chi connectivity index (χ1n) is 13.8. The van der Waals surface area contributed by atoms with Crippen molar-refractivity contribution in [3.05, 3.63) is 71.8 Å². The Balaban J connectivity index is 1.44. The fourth-order valence-corrected chi connectivity index (χ4v) is 7.79. The number of amides is 1. The summed E-state index contributed by atoms with van der Waals surface area (Å²) in [4.78, 5) is 17.9. The number of carbonyl (C=O) groups is 1. The third-order valence-electron chi connectivity index (χ3n) is 9.22. The highest BCUT2D eigenvalue weighted by Gasteiger charge is 2.73. The van der Waals surface area contributed by atoms with Gasteiger partial charge in [-0.1, -0.05) is 50.1 Å². The summed E-state index contributed by atoms with van der Waals surface area (Å²) < 4.78 is 6.67. The monoisotopic (exact) mass is 512 g/mol. The molecule has 2 fully saturated rings. The van der Waals surface area contributed by atoms with Gasteiger partial charge in [-0.15, -0.1) is 6.58 Å². The minimum absolute atomic E-state index is 0.0728. The van der Waals surface area contributed by atoms with Gasteiger partial charge in [0, 0.05) is 36.2 Å². The van der Waals surface area contributed by atoms with Gasteiger partial charge in [-0.25, -0.2) is 0 Å². The van der Waals surface area contributed by atoms with Gasteiger partial charge in [-0.3, -0.25) is 9.69 Å². The van der Waals surface area contributed by atoms with Crippen LogP contribution in [0.5, 0.6) is 11.5 Å². The summed E-state index contributed by atoms with van der Waals surface area (Å²) in [6, 6.07) is 12.9. The van der Waals surface area contributed by atoms with Gasteiger partial charge in [0.25, 0.3) is 5.91 Å². The molecule has 38 heavy (non-hydrogen) atoms.